The lowest BCUT2D eigenvalue weighted by atomic mass is 10.1. The highest BCUT2D eigenvalue weighted by Crippen LogP contribution is 2.29. The standard InChI is InChI=1S/C19H25ClN4OSi/c1-5-14-12-21-19(20)22-17(14)18-15-8-6-7-9-16(15)24(23-18)13-25-10-11-26(2,3)4/h6-9,12H,5,10-11,13H2,1-4H3. The molecule has 7 heteroatoms. The highest BCUT2D eigenvalue weighted by Gasteiger charge is 2.17. The zero-order valence-corrected chi connectivity index (χ0v) is 17.5. The molecule has 0 amide bonds. The molecule has 0 unspecified atom stereocenters. The van der Waals surface area contributed by atoms with Crippen LogP contribution in [0.5, 0.6) is 0 Å². The van der Waals surface area contributed by atoms with Gasteiger partial charge in [-0.15, -0.1) is 0 Å². The number of hydrogen-bond acceptors (Lipinski definition) is 4. The van der Waals surface area contributed by atoms with Crippen LogP contribution in [0.15, 0.2) is 30.5 Å². The van der Waals surface area contributed by atoms with Crippen molar-refractivity contribution in [1.29, 1.82) is 0 Å². The van der Waals surface area contributed by atoms with E-state index < -0.39 is 8.07 Å². The van der Waals surface area contributed by atoms with Crippen molar-refractivity contribution in [3.05, 3.63) is 41.3 Å². The molecule has 0 aliphatic heterocycles. The summed E-state index contributed by atoms with van der Waals surface area (Å²) in [6.45, 7) is 10.3. The molecule has 0 bridgehead atoms. The molecule has 0 N–H and O–H groups in total. The zero-order valence-electron chi connectivity index (χ0n) is 15.8. The number of benzene rings is 1. The fourth-order valence-corrected chi connectivity index (χ4v) is 3.67. The van der Waals surface area contributed by atoms with Crippen LogP contribution >= 0.6 is 11.6 Å². The maximum absolute atomic E-state index is 6.05. The summed E-state index contributed by atoms with van der Waals surface area (Å²) in [5, 5.41) is 6.08. The molecular weight excluding hydrogens is 364 g/mol. The van der Waals surface area contributed by atoms with Crippen LogP contribution in [0.1, 0.15) is 12.5 Å². The van der Waals surface area contributed by atoms with Crippen molar-refractivity contribution < 1.29 is 4.74 Å². The van der Waals surface area contributed by atoms with E-state index in [1.54, 1.807) is 6.20 Å². The summed E-state index contributed by atoms with van der Waals surface area (Å²) in [5.41, 5.74) is 3.69. The maximum Gasteiger partial charge on any atom is 0.222 e. The van der Waals surface area contributed by atoms with E-state index in [1.807, 2.05) is 16.8 Å². The highest BCUT2D eigenvalue weighted by molar-refractivity contribution is 6.76. The van der Waals surface area contributed by atoms with Crippen molar-refractivity contribution in [2.75, 3.05) is 6.61 Å². The summed E-state index contributed by atoms with van der Waals surface area (Å²) in [4.78, 5) is 8.56. The molecule has 0 saturated carbocycles. The molecule has 1 aromatic carbocycles. The third kappa shape index (κ3) is 4.31. The number of aryl methyl sites for hydroxylation is 1. The molecule has 0 fully saturated rings. The second-order valence-corrected chi connectivity index (χ2v) is 13.5. The van der Waals surface area contributed by atoms with Crippen LogP contribution in [0.2, 0.25) is 31.0 Å². The van der Waals surface area contributed by atoms with Crippen LogP contribution < -0.4 is 0 Å². The molecule has 0 atom stereocenters. The van der Waals surface area contributed by atoms with E-state index in [4.69, 9.17) is 21.4 Å². The molecule has 5 nitrogen and oxygen atoms in total. The van der Waals surface area contributed by atoms with Crippen LogP contribution in [0, 0.1) is 0 Å². The first kappa shape index (κ1) is 19.0. The van der Waals surface area contributed by atoms with E-state index in [9.17, 15) is 0 Å². The number of fused-ring (bicyclic) bond motifs is 1. The summed E-state index contributed by atoms with van der Waals surface area (Å²) in [7, 11) is -1.10. The van der Waals surface area contributed by atoms with Gasteiger partial charge in [0.05, 0.1) is 11.2 Å². The fourth-order valence-electron chi connectivity index (χ4n) is 2.78. The Morgan fingerprint density at radius 1 is 1.15 bits per heavy atom. The van der Waals surface area contributed by atoms with Gasteiger partial charge in [-0.1, -0.05) is 44.8 Å². The molecule has 2 heterocycles. The van der Waals surface area contributed by atoms with Gasteiger partial charge in [-0.25, -0.2) is 14.6 Å². The van der Waals surface area contributed by atoms with Crippen molar-refractivity contribution in [1.82, 2.24) is 19.7 Å². The molecule has 0 saturated heterocycles. The van der Waals surface area contributed by atoms with Gasteiger partial charge in [-0.2, -0.15) is 5.10 Å². The van der Waals surface area contributed by atoms with Gasteiger partial charge in [0.25, 0.3) is 0 Å². The third-order valence-corrected chi connectivity index (χ3v) is 6.19. The molecule has 0 aliphatic rings. The summed E-state index contributed by atoms with van der Waals surface area (Å²) < 4.78 is 7.82. The highest BCUT2D eigenvalue weighted by atomic mass is 35.5. The first-order valence-corrected chi connectivity index (χ1v) is 13.0. The van der Waals surface area contributed by atoms with Crippen LogP contribution in [-0.4, -0.2) is 34.4 Å². The Balaban J connectivity index is 1.94. The molecule has 2 aromatic heterocycles. The summed E-state index contributed by atoms with van der Waals surface area (Å²) in [6, 6.07) is 9.28. The molecule has 3 aromatic rings. The predicted octanol–water partition coefficient (Wildman–Crippen LogP) is 5.02. The largest absolute Gasteiger partial charge is 0.360 e. The number of rotatable bonds is 7. The number of ether oxygens (including phenoxy) is 1. The molecule has 138 valence electrons. The Morgan fingerprint density at radius 3 is 2.65 bits per heavy atom. The zero-order chi connectivity index (χ0) is 18.7. The summed E-state index contributed by atoms with van der Waals surface area (Å²) in [6.07, 6.45) is 2.60. The van der Waals surface area contributed by atoms with E-state index >= 15 is 0 Å². The molecule has 26 heavy (non-hydrogen) atoms. The number of aromatic nitrogens is 4. The summed E-state index contributed by atoms with van der Waals surface area (Å²) >= 11 is 6.05. The minimum absolute atomic E-state index is 0.238. The van der Waals surface area contributed by atoms with Crippen LogP contribution in [0.25, 0.3) is 22.3 Å². The van der Waals surface area contributed by atoms with Gasteiger partial charge in [0, 0.05) is 26.3 Å². The van der Waals surface area contributed by atoms with Crippen molar-refractivity contribution in [3.63, 3.8) is 0 Å². The summed E-state index contributed by atoms with van der Waals surface area (Å²) in [5.74, 6) is 0. The van der Waals surface area contributed by atoms with Gasteiger partial charge >= 0.3 is 0 Å². The van der Waals surface area contributed by atoms with Crippen LogP contribution in [0.3, 0.4) is 0 Å². The molecule has 0 radical (unpaired) electrons. The first-order chi connectivity index (χ1) is 12.4. The molecule has 0 spiro atoms. The SMILES string of the molecule is CCc1cnc(Cl)nc1-c1nn(COCC[Si](C)(C)C)c2ccccc12. The Bertz CT molecular complexity index is 904. The lowest BCUT2D eigenvalue weighted by molar-refractivity contribution is 0.0818. The lowest BCUT2D eigenvalue weighted by Gasteiger charge is -2.15. The van der Waals surface area contributed by atoms with Crippen molar-refractivity contribution >= 4 is 30.6 Å². The predicted molar refractivity (Wildman–Crippen MR) is 109 cm³/mol. The monoisotopic (exact) mass is 388 g/mol. The van der Waals surface area contributed by atoms with Gasteiger partial charge < -0.3 is 4.74 Å². The average Bonchev–Trinajstić information content (AvgIpc) is 2.97. The number of nitrogens with zero attached hydrogens (tertiary/aromatic N) is 4. The van der Waals surface area contributed by atoms with E-state index in [2.05, 4.69) is 48.7 Å². The minimum atomic E-state index is -1.10. The van der Waals surface area contributed by atoms with E-state index in [1.165, 1.54) is 0 Å². The van der Waals surface area contributed by atoms with Crippen LogP contribution in [-0.2, 0) is 17.9 Å². The topological polar surface area (TPSA) is 52.8 Å². The van der Waals surface area contributed by atoms with Gasteiger partial charge in [-0.3, -0.25) is 0 Å². The Labute approximate surface area is 160 Å². The van der Waals surface area contributed by atoms with Gasteiger partial charge in [-0.05, 0) is 35.7 Å². The van der Waals surface area contributed by atoms with Crippen LogP contribution in [0.4, 0.5) is 0 Å². The van der Waals surface area contributed by atoms with Gasteiger partial charge in [0.15, 0.2) is 0 Å². The van der Waals surface area contributed by atoms with Crippen molar-refractivity contribution in [2.45, 2.75) is 45.8 Å². The molecular formula is C19H25ClN4OSi. The van der Waals surface area contributed by atoms with Gasteiger partial charge in [0.2, 0.25) is 5.28 Å². The van der Waals surface area contributed by atoms with Crippen molar-refractivity contribution in [3.8, 4) is 11.4 Å². The number of halogens is 1. The second-order valence-electron chi connectivity index (χ2n) is 7.58. The quantitative estimate of drug-likeness (QED) is 0.324. The molecule has 0 aliphatic carbocycles. The fraction of sp³-hybridized carbons (Fsp3) is 0.421. The number of para-hydroxylation sites is 1. The lowest BCUT2D eigenvalue weighted by Crippen LogP contribution is -2.22. The van der Waals surface area contributed by atoms with Crippen molar-refractivity contribution in [2.24, 2.45) is 0 Å². The third-order valence-electron chi connectivity index (χ3n) is 4.31. The average molecular weight is 389 g/mol. The smallest absolute Gasteiger partial charge is 0.222 e. The Morgan fingerprint density at radius 2 is 1.92 bits per heavy atom. The second kappa shape index (κ2) is 7.86. The Kier molecular flexibility index (Phi) is 5.75. The normalized spacial score (nSPS) is 12.0. The molecule has 3 rings (SSSR count). The Hall–Kier alpha value is -1.76. The number of hydrogen-bond donors (Lipinski definition) is 0. The van der Waals surface area contributed by atoms with E-state index in [-0.39, 0.29) is 5.28 Å². The first-order valence-electron chi connectivity index (χ1n) is 8.94. The van der Waals surface area contributed by atoms with Gasteiger partial charge in [0.1, 0.15) is 12.4 Å². The maximum atomic E-state index is 6.05. The van der Waals surface area contributed by atoms with E-state index in [0.717, 1.165) is 46.9 Å². The minimum Gasteiger partial charge on any atom is -0.360 e. The van der Waals surface area contributed by atoms with E-state index in [0.29, 0.717) is 6.73 Å².